The van der Waals surface area contributed by atoms with Crippen LogP contribution in [-0.4, -0.2) is 50.4 Å². The molecule has 0 bridgehead atoms. The Hall–Kier alpha value is -2.94. The number of rotatable bonds is 6. The topological polar surface area (TPSA) is 91.2 Å². The zero-order valence-electron chi connectivity index (χ0n) is 17.1. The summed E-state index contributed by atoms with van der Waals surface area (Å²) in [6.07, 6.45) is 5.94. The van der Waals surface area contributed by atoms with Gasteiger partial charge in [0.2, 0.25) is 0 Å². The second-order valence-corrected chi connectivity index (χ2v) is 8.84. The highest BCUT2D eigenvalue weighted by atomic mass is 32.2. The van der Waals surface area contributed by atoms with Gasteiger partial charge in [0.05, 0.1) is 30.0 Å². The maximum atomic E-state index is 11.2. The average Bonchev–Trinajstić information content (AvgIpc) is 3.17. The zero-order chi connectivity index (χ0) is 21.7. The summed E-state index contributed by atoms with van der Waals surface area (Å²) in [5.41, 5.74) is 8.43. The number of ether oxygens (including phenoxy) is 1. The van der Waals surface area contributed by atoms with Crippen molar-refractivity contribution < 1.29 is 17.7 Å². The van der Waals surface area contributed by atoms with Crippen LogP contribution >= 0.6 is 0 Å². The molecule has 0 spiro atoms. The molecular weight excluding hydrogens is 414 g/mol. The summed E-state index contributed by atoms with van der Waals surface area (Å²) in [6.45, 7) is 3.13. The lowest BCUT2D eigenvalue weighted by Crippen LogP contribution is -2.36. The van der Waals surface area contributed by atoms with Crippen molar-refractivity contribution in [1.29, 1.82) is 0 Å². The van der Waals surface area contributed by atoms with Gasteiger partial charge in [-0.2, -0.15) is 13.5 Å². The first-order valence-electron chi connectivity index (χ1n) is 10.2. The van der Waals surface area contributed by atoms with Crippen molar-refractivity contribution in [2.75, 3.05) is 31.7 Å². The standard InChI is InChI=1S/C23H25N3O4S/c27-31(28,29)22-10-8-21(9-11-22)25-24-17-20-7-6-19(16-18-4-2-1-3-5-18)23(20)26-12-14-30-15-13-26/h1-5,8-11,16-17,25H,6-7,12-15H2,(H,27,28,29)/b19-16+,24-17+. The van der Waals surface area contributed by atoms with Gasteiger partial charge in [0, 0.05) is 18.8 Å². The molecule has 2 N–H and O–H groups in total. The molecule has 0 atom stereocenters. The minimum absolute atomic E-state index is 0.147. The first-order chi connectivity index (χ1) is 15.0. The summed E-state index contributed by atoms with van der Waals surface area (Å²) in [5, 5.41) is 4.37. The molecule has 162 valence electrons. The summed E-state index contributed by atoms with van der Waals surface area (Å²) in [7, 11) is -4.20. The SMILES string of the molecule is O=S(=O)(O)c1ccc(N/N=C/C2=C(N3CCOCC3)C(=C/c3ccccc3)/CC2)cc1. The fourth-order valence-corrected chi connectivity index (χ4v) is 4.29. The van der Waals surface area contributed by atoms with Gasteiger partial charge in [-0.05, 0) is 59.9 Å². The normalized spacial score (nSPS) is 18.9. The van der Waals surface area contributed by atoms with Crippen LogP contribution in [0, 0.1) is 0 Å². The molecule has 0 radical (unpaired) electrons. The molecule has 1 aliphatic heterocycles. The van der Waals surface area contributed by atoms with Gasteiger partial charge >= 0.3 is 0 Å². The van der Waals surface area contributed by atoms with E-state index >= 15 is 0 Å². The van der Waals surface area contributed by atoms with Crippen molar-refractivity contribution in [3.05, 3.63) is 77.0 Å². The van der Waals surface area contributed by atoms with Crippen LogP contribution in [0.25, 0.3) is 6.08 Å². The number of hydrogen-bond acceptors (Lipinski definition) is 6. The van der Waals surface area contributed by atoms with E-state index < -0.39 is 10.1 Å². The van der Waals surface area contributed by atoms with E-state index in [0.29, 0.717) is 18.9 Å². The van der Waals surface area contributed by atoms with Crippen molar-refractivity contribution in [1.82, 2.24) is 4.90 Å². The molecule has 4 rings (SSSR count). The molecule has 2 aromatic carbocycles. The Morgan fingerprint density at radius 3 is 2.39 bits per heavy atom. The molecule has 1 aliphatic carbocycles. The molecule has 1 heterocycles. The van der Waals surface area contributed by atoms with Gasteiger partial charge in [-0.3, -0.25) is 9.98 Å². The zero-order valence-corrected chi connectivity index (χ0v) is 17.9. The fraction of sp³-hybridized carbons (Fsp3) is 0.261. The molecule has 2 aliphatic rings. The lowest BCUT2D eigenvalue weighted by Gasteiger charge is -2.31. The Kier molecular flexibility index (Phi) is 6.50. The quantitative estimate of drug-likeness (QED) is 0.404. The number of hydrazone groups is 1. The largest absolute Gasteiger partial charge is 0.378 e. The second kappa shape index (κ2) is 9.47. The Balaban J connectivity index is 1.56. The van der Waals surface area contributed by atoms with Crippen LogP contribution in [0.5, 0.6) is 0 Å². The second-order valence-electron chi connectivity index (χ2n) is 7.42. The number of allylic oxidation sites excluding steroid dienone is 2. The summed E-state index contributed by atoms with van der Waals surface area (Å²) >= 11 is 0. The average molecular weight is 440 g/mol. The van der Waals surface area contributed by atoms with Crippen LogP contribution < -0.4 is 5.43 Å². The van der Waals surface area contributed by atoms with Crippen LogP contribution in [0.15, 0.2) is 81.4 Å². The van der Waals surface area contributed by atoms with E-state index in [1.165, 1.54) is 29.0 Å². The number of morpholine rings is 1. The van der Waals surface area contributed by atoms with Crippen molar-refractivity contribution in [3.8, 4) is 0 Å². The molecule has 1 fully saturated rings. The number of nitrogens with one attached hydrogen (secondary N) is 1. The lowest BCUT2D eigenvalue weighted by molar-refractivity contribution is 0.0548. The molecule has 0 saturated carbocycles. The van der Waals surface area contributed by atoms with Gasteiger partial charge in [-0.1, -0.05) is 30.3 Å². The first kappa shape index (κ1) is 21.3. The summed E-state index contributed by atoms with van der Waals surface area (Å²) in [4.78, 5) is 2.22. The molecular formula is C23H25N3O4S. The van der Waals surface area contributed by atoms with Crippen LogP contribution in [-0.2, 0) is 14.9 Å². The summed E-state index contributed by atoms with van der Waals surface area (Å²) in [6, 6.07) is 16.1. The summed E-state index contributed by atoms with van der Waals surface area (Å²) in [5.74, 6) is 0. The van der Waals surface area contributed by atoms with Crippen molar-refractivity contribution in [2.24, 2.45) is 5.10 Å². The Labute approximate surface area is 182 Å². The van der Waals surface area contributed by atoms with Crippen LogP contribution in [0.1, 0.15) is 18.4 Å². The predicted octanol–water partition coefficient (Wildman–Crippen LogP) is 3.79. The van der Waals surface area contributed by atoms with E-state index in [2.05, 4.69) is 33.6 Å². The third-order valence-corrected chi connectivity index (χ3v) is 6.17. The van der Waals surface area contributed by atoms with E-state index in [1.54, 1.807) is 12.1 Å². The molecule has 7 nitrogen and oxygen atoms in total. The van der Waals surface area contributed by atoms with E-state index in [-0.39, 0.29) is 4.90 Å². The first-order valence-corrected chi connectivity index (χ1v) is 11.6. The Morgan fingerprint density at radius 2 is 1.71 bits per heavy atom. The highest BCUT2D eigenvalue weighted by Crippen LogP contribution is 2.35. The minimum Gasteiger partial charge on any atom is -0.378 e. The molecule has 0 amide bonds. The minimum atomic E-state index is -4.20. The number of hydrogen-bond donors (Lipinski definition) is 2. The van der Waals surface area contributed by atoms with Gasteiger partial charge in [0.25, 0.3) is 10.1 Å². The van der Waals surface area contributed by atoms with E-state index in [1.807, 2.05) is 24.4 Å². The van der Waals surface area contributed by atoms with Crippen LogP contribution in [0.3, 0.4) is 0 Å². The monoisotopic (exact) mass is 439 g/mol. The van der Waals surface area contributed by atoms with E-state index in [4.69, 9.17) is 9.29 Å². The third-order valence-electron chi connectivity index (χ3n) is 5.31. The van der Waals surface area contributed by atoms with Crippen molar-refractivity contribution in [2.45, 2.75) is 17.7 Å². The molecule has 8 heteroatoms. The lowest BCUT2D eigenvalue weighted by atomic mass is 10.1. The smallest absolute Gasteiger partial charge is 0.294 e. The maximum Gasteiger partial charge on any atom is 0.294 e. The molecule has 0 aromatic heterocycles. The Morgan fingerprint density at radius 1 is 1.00 bits per heavy atom. The summed E-state index contributed by atoms with van der Waals surface area (Å²) < 4.78 is 36.9. The third kappa shape index (κ3) is 5.41. The molecule has 31 heavy (non-hydrogen) atoms. The van der Waals surface area contributed by atoms with Crippen molar-refractivity contribution in [3.63, 3.8) is 0 Å². The van der Waals surface area contributed by atoms with Gasteiger partial charge in [-0.25, -0.2) is 0 Å². The van der Waals surface area contributed by atoms with Crippen molar-refractivity contribution >= 4 is 28.1 Å². The molecule has 2 aromatic rings. The van der Waals surface area contributed by atoms with Gasteiger partial charge in [0.1, 0.15) is 0 Å². The van der Waals surface area contributed by atoms with E-state index in [9.17, 15) is 8.42 Å². The van der Waals surface area contributed by atoms with Gasteiger partial charge in [-0.15, -0.1) is 0 Å². The van der Waals surface area contributed by atoms with Crippen LogP contribution in [0.4, 0.5) is 5.69 Å². The highest BCUT2D eigenvalue weighted by Gasteiger charge is 2.25. The van der Waals surface area contributed by atoms with Gasteiger partial charge in [0.15, 0.2) is 0 Å². The fourth-order valence-electron chi connectivity index (χ4n) is 3.81. The highest BCUT2D eigenvalue weighted by molar-refractivity contribution is 7.85. The van der Waals surface area contributed by atoms with Crippen LogP contribution in [0.2, 0.25) is 0 Å². The molecule has 0 unspecified atom stereocenters. The van der Waals surface area contributed by atoms with E-state index in [0.717, 1.165) is 31.5 Å². The molecule has 1 saturated heterocycles. The Bertz CT molecular complexity index is 1100. The number of anilines is 1. The number of nitrogens with zero attached hydrogens (tertiary/aromatic N) is 2. The maximum absolute atomic E-state index is 11.2. The van der Waals surface area contributed by atoms with Gasteiger partial charge < -0.3 is 9.64 Å². The number of benzene rings is 2. The predicted molar refractivity (Wildman–Crippen MR) is 121 cm³/mol.